The van der Waals surface area contributed by atoms with Gasteiger partial charge in [0.25, 0.3) is 0 Å². The summed E-state index contributed by atoms with van der Waals surface area (Å²) in [5.41, 5.74) is 0. The van der Waals surface area contributed by atoms with Crippen molar-refractivity contribution in [2.75, 3.05) is 23.0 Å². The molecule has 20 heavy (non-hydrogen) atoms. The molecule has 0 unspecified atom stereocenters. The van der Waals surface area contributed by atoms with Gasteiger partial charge in [0, 0.05) is 0 Å². The Morgan fingerprint density at radius 3 is 0.900 bits per heavy atom. The molecule has 130 valence electrons. The van der Waals surface area contributed by atoms with E-state index < -0.39 is 0 Å². The monoisotopic (exact) mass is 482 g/mol. The molecule has 0 aliphatic carbocycles. The van der Waals surface area contributed by atoms with Crippen molar-refractivity contribution in [2.45, 2.75) is 79.1 Å². The maximum absolute atomic E-state index is 4.16. The van der Waals surface area contributed by atoms with Crippen LogP contribution in [0, 0.1) is 0 Å². The van der Waals surface area contributed by atoms with Crippen molar-refractivity contribution in [2.24, 2.45) is 0 Å². The van der Waals surface area contributed by atoms with Gasteiger partial charge in [-0.05, 0) is 48.7 Å². The van der Waals surface area contributed by atoms with Crippen LogP contribution in [0.4, 0.5) is 0 Å². The number of rotatable bonds is 12. The molecule has 0 spiro atoms. The van der Waals surface area contributed by atoms with Crippen molar-refractivity contribution in [3.05, 3.63) is 0 Å². The number of hydrogen-bond donors (Lipinski definition) is 0. The number of halogens is 1. The van der Waals surface area contributed by atoms with Crippen LogP contribution < -0.4 is 0 Å². The predicted octanol–water partition coefficient (Wildman–Crippen LogP) is 7.52. The van der Waals surface area contributed by atoms with E-state index in [-0.39, 0.29) is 0 Å². The Bertz CT molecular complexity index is 101. The summed E-state index contributed by atoms with van der Waals surface area (Å²) in [6, 6.07) is 0. The summed E-state index contributed by atoms with van der Waals surface area (Å²) in [7, 11) is 0. The minimum absolute atomic E-state index is 1.35. The first-order valence-corrected chi connectivity index (χ1v) is 13.4. The standard InChI is InChI=1S/2C8H18S.Cu.HI/c2*1-3-5-7-9-8-6-4-2;;/h2*3-8H2,1-2H3;;1H/q;;+1;/p-1. The van der Waals surface area contributed by atoms with Gasteiger partial charge in [-0.15, -0.1) is 0 Å². The molecule has 0 aromatic carbocycles. The molecule has 0 aromatic rings. The summed E-state index contributed by atoms with van der Waals surface area (Å²) in [4.78, 5) is 0. The Balaban J connectivity index is -0.000000257. The van der Waals surface area contributed by atoms with Crippen LogP contribution in [0.3, 0.4) is 0 Å². The van der Waals surface area contributed by atoms with Gasteiger partial charge in [0.1, 0.15) is 0 Å². The van der Waals surface area contributed by atoms with Crippen LogP contribution in [0.2, 0.25) is 0 Å². The van der Waals surface area contributed by atoms with Crippen molar-refractivity contribution in [1.29, 1.82) is 0 Å². The van der Waals surface area contributed by atoms with E-state index in [4.69, 9.17) is 0 Å². The molecule has 0 saturated heterocycles. The summed E-state index contributed by atoms with van der Waals surface area (Å²) >= 11 is 10.1. The third-order valence-electron chi connectivity index (χ3n) is 2.57. The second-order valence-electron chi connectivity index (χ2n) is 4.64. The van der Waals surface area contributed by atoms with Gasteiger partial charge in [-0.1, -0.05) is 53.4 Å². The minimum atomic E-state index is 1.35. The average Bonchev–Trinajstić information content (AvgIpc) is 2.50. The van der Waals surface area contributed by atoms with Gasteiger partial charge < -0.3 is 0 Å². The first kappa shape index (κ1) is 26.8. The molecule has 0 amide bonds. The fourth-order valence-electron chi connectivity index (χ4n) is 1.19. The molecule has 4 heteroatoms. The molecule has 0 aliphatic heterocycles. The summed E-state index contributed by atoms with van der Waals surface area (Å²) < 4.78 is 0. The molecule has 0 aliphatic rings. The van der Waals surface area contributed by atoms with Gasteiger partial charge in [-0.25, -0.2) is 0 Å². The molecule has 0 rings (SSSR count). The van der Waals surface area contributed by atoms with Crippen LogP contribution in [0.25, 0.3) is 0 Å². The molecular formula is C16H36CuIS2. The average molecular weight is 483 g/mol. The third-order valence-corrected chi connectivity index (χ3v) is 4.88. The molecule has 0 bridgehead atoms. The van der Waals surface area contributed by atoms with Gasteiger partial charge >= 0.3 is 33.1 Å². The summed E-state index contributed by atoms with van der Waals surface area (Å²) in [5.74, 6) is 5.49. The first-order valence-electron chi connectivity index (χ1n) is 8.10. The summed E-state index contributed by atoms with van der Waals surface area (Å²) in [5, 5.41) is 0. The Hall–Kier alpha value is 1.95. The molecule has 0 aromatic heterocycles. The zero-order chi connectivity index (χ0) is 15.9. The molecule has 0 radical (unpaired) electrons. The number of hydrogen-bond acceptors (Lipinski definition) is 2. The zero-order valence-corrected chi connectivity index (χ0v) is 18.7. The Morgan fingerprint density at radius 2 is 0.750 bits per heavy atom. The Kier molecular flexibility index (Phi) is 44.0. The molecule has 0 nitrogen and oxygen atoms in total. The SMILES string of the molecule is CCCCSCCCC.CCCCSCCCC.[Cu][I]. The molecule has 0 saturated carbocycles. The molecule has 0 heterocycles. The second kappa shape index (κ2) is 32.8. The summed E-state index contributed by atoms with van der Waals surface area (Å²) in [6.45, 7) is 9.00. The predicted molar refractivity (Wildman–Crippen MR) is 108 cm³/mol. The number of thioether (sulfide) groups is 2. The van der Waals surface area contributed by atoms with E-state index in [1.54, 1.807) is 20.3 Å². The van der Waals surface area contributed by atoms with Crippen LogP contribution in [0.5, 0.6) is 0 Å². The van der Waals surface area contributed by atoms with Crippen LogP contribution in [0.1, 0.15) is 79.1 Å². The zero-order valence-electron chi connectivity index (χ0n) is 14.0. The normalized spacial score (nSPS) is 9.35. The van der Waals surface area contributed by atoms with Gasteiger partial charge in [-0.2, -0.15) is 23.5 Å². The van der Waals surface area contributed by atoms with Gasteiger partial charge in [0.15, 0.2) is 0 Å². The molecule has 0 atom stereocenters. The van der Waals surface area contributed by atoms with Crippen LogP contribution >= 0.6 is 43.9 Å². The van der Waals surface area contributed by atoms with Crippen LogP contribution in [-0.2, 0) is 12.8 Å². The van der Waals surface area contributed by atoms with E-state index in [9.17, 15) is 0 Å². The van der Waals surface area contributed by atoms with E-state index in [0.29, 0.717) is 0 Å². The van der Waals surface area contributed by atoms with Crippen LogP contribution in [0.15, 0.2) is 0 Å². The van der Waals surface area contributed by atoms with Gasteiger partial charge in [0.05, 0.1) is 0 Å². The van der Waals surface area contributed by atoms with Crippen molar-refractivity contribution in [3.8, 4) is 0 Å². The maximum atomic E-state index is 4.16. The second-order valence-corrected chi connectivity index (χ2v) is 7.09. The molecular weight excluding hydrogens is 447 g/mol. The van der Waals surface area contributed by atoms with E-state index >= 15 is 0 Å². The van der Waals surface area contributed by atoms with E-state index in [2.05, 4.69) is 64.0 Å². The molecule has 0 fully saturated rings. The Morgan fingerprint density at radius 1 is 0.550 bits per heavy atom. The third kappa shape index (κ3) is 36.8. The van der Waals surface area contributed by atoms with Gasteiger partial charge in [0.2, 0.25) is 0 Å². The van der Waals surface area contributed by atoms with E-state index in [1.807, 2.05) is 0 Å². The fraction of sp³-hybridized carbons (Fsp3) is 1.00. The Labute approximate surface area is 157 Å². The topological polar surface area (TPSA) is 0 Å². The van der Waals surface area contributed by atoms with E-state index in [0.717, 1.165) is 0 Å². The number of unbranched alkanes of at least 4 members (excludes halogenated alkanes) is 4. The van der Waals surface area contributed by atoms with Crippen molar-refractivity contribution < 1.29 is 12.8 Å². The van der Waals surface area contributed by atoms with Crippen molar-refractivity contribution in [1.82, 2.24) is 0 Å². The van der Waals surface area contributed by atoms with E-state index in [1.165, 1.54) is 74.4 Å². The van der Waals surface area contributed by atoms with Gasteiger partial charge in [-0.3, -0.25) is 0 Å². The fourth-order valence-corrected chi connectivity index (χ4v) is 3.57. The summed E-state index contributed by atoms with van der Waals surface area (Å²) in [6.07, 6.45) is 11.0. The molecule has 0 N–H and O–H groups in total. The quantitative estimate of drug-likeness (QED) is 0.160. The first-order chi connectivity index (χ1) is 9.83. The van der Waals surface area contributed by atoms with Crippen molar-refractivity contribution >= 4 is 43.9 Å². The van der Waals surface area contributed by atoms with Crippen LogP contribution in [-0.4, -0.2) is 23.0 Å². The van der Waals surface area contributed by atoms with Crippen molar-refractivity contribution in [3.63, 3.8) is 0 Å².